The topological polar surface area (TPSA) is 83.8 Å². The van der Waals surface area contributed by atoms with Crippen molar-refractivity contribution < 1.29 is 24.5 Å². The van der Waals surface area contributed by atoms with Crippen LogP contribution in [0, 0.1) is 0 Å². The molecule has 0 spiro atoms. The summed E-state index contributed by atoms with van der Waals surface area (Å²) in [4.78, 5) is 20.2. The van der Waals surface area contributed by atoms with Crippen molar-refractivity contribution in [3.63, 3.8) is 0 Å². The second-order valence-electron chi connectivity index (χ2n) is 3.65. The number of aliphatic hydroxyl groups excluding tert-OH is 2. The van der Waals surface area contributed by atoms with Crippen molar-refractivity contribution in [3.05, 3.63) is 0 Å². The molecule has 1 unspecified atom stereocenters. The lowest BCUT2D eigenvalue weighted by atomic mass is 10.2. The first kappa shape index (κ1) is 15.1. The van der Waals surface area contributed by atoms with E-state index in [1.807, 2.05) is 0 Å². The van der Waals surface area contributed by atoms with Crippen molar-refractivity contribution in [2.45, 2.75) is 51.6 Å². The van der Waals surface area contributed by atoms with Gasteiger partial charge in [0.1, 0.15) is 0 Å². The van der Waals surface area contributed by atoms with E-state index in [2.05, 4.69) is 11.7 Å². The van der Waals surface area contributed by atoms with Crippen molar-refractivity contribution in [1.82, 2.24) is 0 Å². The molecule has 2 N–H and O–H groups in total. The Balaban J connectivity index is 0.000000281. The van der Waals surface area contributed by atoms with Crippen LogP contribution in [0.3, 0.4) is 0 Å². The van der Waals surface area contributed by atoms with Crippen LogP contribution >= 0.6 is 0 Å². The Morgan fingerprint density at radius 1 is 1.25 bits per heavy atom. The average molecular weight is 232 g/mol. The lowest BCUT2D eigenvalue weighted by molar-refractivity contribution is -0.154. The highest BCUT2D eigenvalue weighted by Gasteiger charge is 2.30. The number of carbonyl (C=O) groups excluding carboxylic acids is 2. The summed E-state index contributed by atoms with van der Waals surface area (Å²) >= 11 is 0. The van der Waals surface area contributed by atoms with Gasteiger partial charge in [0, 0.05) is 6.61 Å². The Morgan fingerprint density at radius 3 is 2.19 bits per heavy atom. The number of unbranched alkanes of at least 4 members (excludes halogenated alkanes) is 4. The van der Waals surface area contributed by atoms with Gasteiger partial charge < -0.3 is 14.9 Å². The van der Waals surface area contributed by atoms with Crippen LogP contribution < -0.4 is 0 Å². The van der Waals surface area contributed by atoms with Crippen LogP contribution in [0.4, 0.5) is 0 Å². The van der Waals surface area contributed by atoms with E-state index >= 15 is 0 Å². The zero-order valence-electron chi connectivity index (χ0n) is 9.65. The molecular weight excluding hydrogens is 212 g/mol. The Labute approximate surface area is 95.4 Å². The molecule has 1 aliphatic rings. The molecule has 94 valence electrons. The molecule has 0 aromatic carbocycles. The molecule has 5 heteroatoms. The Hall–Kier alpha value is -0.940. The second-order valence-corrected chi connectivity index (χ2v) is 3.65. The summed E-state index contributed by atoms with van der Waals surface area (Å²) in [6, 6.07) is 0. The third-order valence-electron chi connectivity index (χ3n) is 2.11. The summed E-state index contributed by atoms with van der Waals surface area (Å²) in [5, 5.41) is 16.8. The number of cyclic esters (lactones) is 2. The standard InChI is InChI=1S/C7H16O.C4H4O4/c1-2-3-4-5-6-7-8;5-2-1-3(6)8-4(2)7/h8H,2-7H2,1H3;2,5H,1H2. The van der Waals surface area contributed by atoms with E-state index in [1.54, 1.807) is 0 Å². The largest absolute Gasteiger partial charge is 0.396 e. The summed E-state index contributed by atoms with van der Waals surface area (Å²) in [5.74, 6) is -1.49. The van der Waals surface area contributed by atoms with Crippen LogP contribution in [0.2, 0.25) is 0 Å². The summed E-state index contributed by atoms with van der Waals surface area (Å²) < 4.78 is 3.95. The predicted octanol–water partition coefficient (Wildman–Crippen LogP) is 0.770. The number of rotatable bonds is 5. The first-order valence-corrected chi connectivity index (χ1v) is 5.65. The van der Waals surface area contributed by atoms with E-state index in [9.17, 15) is 9.59 Å². The molecule has 1 aliphatic heterocycles. The number of hydrogen-bond donors (Lipinski definition) is 2. The quantitative estimate of drug-likeness (QED) is 0.415. The lowest BCUT2D eigenvalue weighted by Crippen LogP contribution is -2.11. The molecule has 1 heterocycles. The molecule has 0 aliphatic carbocycles. The molecule has 0 amide bonds. The monoisotopic (exact) mass is 232 g/mol. The van der Waals surface area contributed by atoms with Crippen LogP contribution in [0.1, 0.15) is 45.4 Å². The third kappa shape index (κ3) is 7.36. The summed E-state index contributed by atoms with van der Waals surface area (Å²) in [5.41, 5.74) is 0. The number of carbonyl (C=O) groups is 2. The van der Waals surface area contributed by atoms with Gasteiger partial charge in [-0.3, -0.25) is 4.79 Å². The van der Waals surface area contributed by atoms with E-state index in [1.165, 1.54) is 25.7 Å². The Morgan fingerprint density at radius 2 is 1.88 bits per heavy atom. The van der Waals surface area contributed by atoms with Crippen molar-refractivity contribution >= 4 is 11.9 Å². The minimum Gasteiger partial charge on any atom is -0.396 e. The fourth-order valence-corrected chi connectivity index (χ4v) is 1.18. The van der Waals surface area contributed by atoms with Gasteiger partial charge in [0.2, 0.25) is 0 Å². The SMILES string of the molecule is CCCCCCCO.O=C1CC(O)C(=O)O1. The molecule has 0 bridgehead atoms. The molecule has 16 heavy (non-hydrogen) atoms. The molecule has 0 aromatic heterocycles. The van der Waals surface area contributed by atoms with Crippen molar-refractivity contribution in [2.24, 2.45) is 0 Å². The maximum atomic E-state index is 10.1. The smallest absolute Gasteiger partial charge is 0.343 e. The van der Waals surface area contributed by atoms with E-state index in [-0.39, 0.29) is 6.42 Å². The molecule has 1 rings (SSSR count). The summed E-state index contributed by atoms with van der Waals surface area (Å²) in [6.07, 6.45) is 4.66. The fourth-order valence-electron chi connectivity index (χ4n) is 1.18. The van der Waals surface area contributed by atoms with Crippen LogP contribution in [0.25, 0.3) is 0 Å². The van der Waals surface area contributed by atoms with Gasteiger partial charge in [-0.2, -0.15) is 0 Å². The van der Waals surface area contributed by atoms with Gasteiger partial charge in [-0.05, 0) is 6.42 Å². The predicted molar refractivity (Wildman–Crippen MR) is 57.6 cm³/mol. The lowest BCUT2D eigenvalue weighted by Gasteiger charge is -1.93. The average Bonchev–Trinajstić information content (AvgIpc) is 2.52. The van der Waals surface area contributed by atoms with Crippen LogP contribution in [-0.2, 0) is 14.3 Å². The first-order valence-electron chi connectivity index (χ1n) is 5.65. The number of ether oxygens (including phenoxy) is 1. The molecule has 1 atom stereocenters. The Bertz CT molecular complexity index is 208. The van der Waals surface area contributed by atoms with Crippen molar-refractivity contribution in [2.75, 3.05) is 6.61 Å². The van der Waals surface area contributed by atoms with E-state index in [0.29, 0.717) is 6.61 Å². The van der Waals surface area contributed by atoms with Gasteiger partial charge in [0.15, 0.2) is 6.10 Å². The van der Waals surface area contributed by atoms with Gasteiger partial charge in [-0.25, -0.2) is 4.79 Å². The van der Waals surface area contributed by atoms with Gasteiger partial charge in [-0.15, -0.1) is 0 Å². The van der Waals surface area contributed by atoms with Crippen LogP contribution in [0.5, 0.6) is 0 Å². The maximum Gasteiger partial charge on any atom is 0.343 e. The third-order valence-corrected chi connectivity index (χ3v) is 2.11. The van der Waals surface area contributed by atoms with Crippen molar-refractivity contribution in [3.8, 4) is 0 Å². The van der Waals surface area contributed by atoms with Gasteiger partial charge in [-0.1, -0.05) is 32.6 Å². The van der Waals surface area contributed by atoms with Gasteiger partial charge in [0.25, 0.3) is 0 Å². The zero-order chi connectivity index (χ0) is 12.4. The highest BCUT2D eigenvalue weighted by atomic mass is 16.6. The van der Waals surface area contributed by atoms with Crippen LogP contribution in [0.15, 0.2) is 0 Å². The molecule has 1 fully saturated rings. The number of aliphatic hydroxyl groups is 2. The second kappa shape index (κ2) is 9.30. The number of esters is 2. The molecule has 0 aromatic rings. The number of hydrogen-bond acceptors (Lipinski definition) is 5. The van der Waals surface area contributed by atoms with E-state index in [4.69, 9.17) is 10.2 Å². The van der Waals surface area contributed by atoms with E-state index in [0.717, 1.165) is 6.42 Å². The van der Waals surface area contributed by atoms with Gasteiger partial charge >= 0.3 is 11.9 Å². The normalized spacial score (nSPS) is 19.1. The Kier molecular flexibility index (Phi) is 8.75. The molecule has 0 saturated carbocycles. The molecule has 0 radical (unpaired) electrons. The molecular formula is C11H20O5. The summed E-state index contributed by atoms with van der Waals surface area (Å²) in [7, 11) is 0. The van der Waals surface area contributed by atoms with E-state index < -0.39 is 18.0 Å². The first-order chi connectivity index (χ1) is 7.61. The van der Waals surface area contributed by atoms with Gasteiger partial charge in [0.05, 0.1) is 6.42 Å². The minimum atomic E-state index is -1.22. The highest BCUT2D eigenvalue weighted by molar-refractivity contribution is 5.95. The maximum absolute atomic E-state index is 10.1. The summed E-state index contributed by atoms with van der Waals surface area (Å²) in [6.45, 7) is 2.56. The molecule has 1 saturated heterocycles. The fraction of sp³-hybridized carbons (Fsp3) is 0.818. The van der Waals surface area contributed by atoms with Crippen LogP contribution in [-0.4, -0.2) is 34.9 Å². The molecule has 5 nitrogen and oxygen atoms in total. The zero-order valence-corrected chi connectivity index (χ0v) is 9.65. The highest BCUT2D eigenvalue weighted by Crippen LogP contribution is 2.05. The van der Waals surface area contributed by atoms with Crippen molar-refractivity contribution in [1.29, 1.82) is 0 Å². The minimum absolute atomic E-state index is 0.196.